The fourth-order valence-electron chi connectivity index (χ4n) is 0.988. The highest BCUT2D eigenvalue weighted by molar-refractivity contribution is 7.10. The molecule has 14 heavy (non-hydrogen) atoms. The zero-order valence-electron chi connectivity index (χ0n) is 8.91. The second-order valence-electron chi connectivity index (χ2n) is 4.03. The van der Waals surface area contributed by atoms with Crippen LogP contribution in [0, 0.1) is 0 Å². The van der Waals surface area contributed by atoms with E-state index in [2.05, 4.69) is 37.7 Å². The van der Waals surface area contributed by atoms with Crippen LogP contribution in [0.4, 0.5) is 0 Å². The molecule has 0 N–H and O–H groups in total. The maximum absolute atomic E-state index is 5.70. The highest BCUT2D eigenvalue weighted by Gasteiger charge is 2.15. The third-order valence-corrected chi connectivity index (χ3v) is 3.13. The van der Waals surface area contributed by atoms with Gasteiger partial charge in [-0.2, -0.15) is 0 Å². The van der Waals surface area contributed by atoms with Crippen LogP contribution in [0.5, 0.6) is 0 Å². The minimum absolute atomic E-state index is 0.762. The second-order valence-corrected chi connectivity index (χ2v) is 9.44. The van der Waals surface area contributed by atoms with Crippen molar-refractivity contribution < 1.29 is 4.43 Å². The van der Waals surface area contributed by atoms with Crippen molar-refractivity contribution in [3.05, 3.63) is 40.8 Å². The topological polar surface area (TPSA) is 9.23 Å². The first-order chi connectivity index (χ1) is 6.47. The number of rotatable bonds is 4. The lowest BCUT2D eigenvalue weighted by atomic mass is 10.4. The van der Waals surface area contributed by atoms with E-state index in [1.807, 2.05) is 18.2 Å². The molecule has 1 aromatic rings. The quantitative estimate of drug-likeness (QED) is 0.424. The van der Waals surface area contributed by atoms with E-state index < -0.39 is 8.32 Å². The Kier molecular flexibility index (Phi) is 3.72. The smallest absolute Gasteiger partial charge is 0.242 e. The molecule has 0 aliphatic rings. The Labute approximate surface area is 90.9 Å². The molecular weight excluding hydrogens is 208 g/mol. The van der Waals surface area contributed by atoms with Gasteiger partial charge in [-0.25, -0.2) is 0 Å². The second kappa shape index (κ2) is 4.62. The summed E-state index contributed by atoms with van der Waals surface area (Å²) in [5.41, 5.74) is 0. The van der Waals surface area contributed by atoms with Crippen molar-refractivity contribution in [2.45, 2.75) is 19.6 Å². The number of thiophene rings is 1. The third kappa shape index (κ3) is 4.44. The summed E-state index contributed by atoms with van der Waals surface area (Å²) in [6.07, 6.45) is 3.97. The minimum Gasteiger partial charge on any atom is -0.545 e. The zero-order valence-corrected chi connectivity index (χ0v) is 10.7. The first kappa shape index (κ1) is 11.3. The van der Waals surface area contributed by atoms with Crippen molar-refractivity contribution in [1.29, 1.82) is 0 Å². The SMILES string of the molecule is C=C(/C=C/c1cccs1)O[Si](C)(C)C. The molecule has 0 radical (unpaired) electrons. The van der Waals surface area contributed by atoms with Gasteiger partial charge >= 0.3 is 0 Å². The summed E-state index contributed by atoms with van der Waals surface area (Å²) < 4.78 is 5.70. The average Bonchev–Trinajstić information content (AvgIpc) is 2.49. The van der Waals surface area contributed by atoms with Crippen molar-refractivity contribution in [1.82, 2.24) is 0 Å². The molecule has 0 aliphatic heterocycles. The van der Waals surface area contributed by atoms with Gasteiger partial charge in [0.15, 0.2) is 0 Å². The Balaban J connectivity index is 2.49. The van der Waals surface area contributed by atoms with E-state index in [0.717, 1.165) is 5.76 Å². The van der Waals surface area contributed by atoms with Crippen molar-refractivity contribution in [3.8, 4) is 0 Å². The molecule has 0 saturated carbocycles. The molecule has 0 fully saturated rings. The molecule has 1 heterocycles. The lowest BCUT2D eigenvalue weighted by Crippen LogP contribution is -2.23. The molecule has 1 nitrogen and oxygen atoms in total. The average molecular weight is 224 g/mol. The highest BCUT2D eigenvalue weighted by atomic mass is 32.1. The van der Waals surface area contributed by atoms with Crippen molar-refractivity contribution in [2.24, 2.45) is 0 Å². The van der Waals surface area contributed by atoms with Gasteiger partial charge in [-0.15, -0.1) is 11.3 Å². The van der Waals surface area contributed by atoms with E-state index in [4.69, 9.17) is 4.43 Å². The van der Waals surface area contributed by atoms with Crippen molar-refractivity contribution in [2.75, 3.05) is 0 Å². The fraction of sp³-hybridized carbons (Fsp3) is 0.273. The summed E-state index contributed by atoms with van der Waals surface area (Å²) >= 11 is 1.71. The largest absolute Gasteiger partial charge is 0.545 e. The normalized spacial score (nSPS) is 11.9. The lowest BCUT2D eigenvalue weighted by Gasteiger charge is -2.18. The third-order valence-electron chi connectivity index (χ3n) is 1.41. The van der Waals surface area contributed by atoms with Crippen LogP contribution in [0.25, 0.3) is 6.08 Å². The van der Waals surface area contributed by atoms with E-state index >= 15 is 0 Å². The number of hydrogen-bond acceptors (Lipinski definition) is 2. The van der Waals surface area contributed by atoms with Gasteiger partial charge in [0.25, 0.3) is 0 Å². The van der Waals surface area contributed by atoms with Crippen LogP contribution in [0.3, 0.4) is 0 Å². The highest BCUT2D eigenvalue weighted by Crippen LogP contribution is 2.14. The van der Waals surface area contributed by atoms with Crippen LogP contribution in [0.1, 0.15) is 4.88 Å². The summed E-state index contributed by atoms with van der Waals surface area (Å²) in [5.74, 6) is 0.762. The first-order valence-electron chi connectivity index (χ1n) is 4.57. The van der Waals surface area contributed by atoms with Gasteiger partial charge < -0.3 is 4.43 Å². The molecule has 76 valence electrons. The van der Waals surface area contributed by atoms with Crippen LogP contribution in [-0.4, -0.2) is 8.32 Å². The molecule has 0 spiro atoms. The Morgan fingerprint density at radius 2 is 2.21 bits per heavy atom. The fourth-order valence-corrected chi connectivity index (χ4v) is 2.46. The van der Waals surface area contributed by atoms with E-state index in [1.54, 1.807) is 11.3 Å². The van der Waals surface area contributed by atoms with Gasteiger partial charge in [0, 0.05) is 4.88 Å². The predicted octanol–water partition coefficient (Wildman–Crippen LogP) is 4.13. The number of allylic oxidation sites excluding steroid dienone is 1. The maximum atomic E-state index is 5.70. The molecule has 0 aliphatic carbocycles. The van der Waals surface area contributed by atoms with Gasteiger partial charge in [0.2, 0.25) is 8.32 Å². The van der Waals surface area contributed by atoms with E-state index in [-0.39, 0.29) is 0 Å². The van der Waals surface area contributed by atoms with Gasteiger partial charge in [0.1, 0.15) is 0 Å². The molecule has 3 heteroatoms. The van der Waals surface area contributed by atoms with Gasteiger partial charge in [-0.1, -0.05) is 12.6 Å². The van der Waals surface area contributed by atoms with Gasteiger partial charge in [-0.3, -0.25) is 0 Å². The van der Waals surface area contributed by atoms with Crippen LogP contribution in [0.2, 0.25) is 19.6 Å². The van der Waals surface area contributed by atoms with Crippen LogP contribution < -0.4 is 0 Å². The summed E-state index contributed by atoms with van der Waals surface area (Å²) in [6.45, 7) is 10.3. The molecule has 0 aromatic carbocycles. The molecule has 1 rings (SSSR count). The molecule has 0 saturated heterocycles. The monoisotopic (exact) mass is 224 g/mol. The van der Waals surface area contributed by atoms with Crippen molar-refractivity contribution in [3.63, 3.8) is 0 Å². The molecule has 0 unspecified atom stereocenters. The predicted molar refractivity (Wildman–Crippen MR) is 66.9 cm³/mol. The summed E-state index contributed by atoms with van der Waals surface area (Å²) in [6, 6.07) is 4.11. The zero-order chi connectivity index (χ0) is 10.6. The van der Waals surface area contributed by atoms with Gasteiger partial charge in [0.05, 0.1) is 5.76 Å². The van der Waals surface area contributed by atoms with Crippen LogP contribution >= 0.6 is 11.3 Å². The Bertz CT molecular complexity index is 320. The molecule has 0 amide bonds. The number of hydrogen-bond donors (Lipinski definition) is 0. The maximum Gasteiger partial charge on any atom is 0.242 e. The minimum atomic E-state index is -1.49. The Morgan fingerprint density at radius 1 is 1.50 bits per heavy atom. The molecule has 0 bridgehead atoms. The molecular formula is C11H16OSSi. The Hall–Kier alpha value is -0.803. The lowest BCUT2D eigenvalue weighted by molar-refractivity contribution is 0.445. The van der Waals surface area contributed by atoms with Gasteiger partial charge in [-0.05, 0) is 43.2 Å². The molecule has 1 aromatic heterocycles. The molecule has 0 atom stereocenters. The van der Waals surface area contributed by atoms with E-state index in [1.165, 1.54) is 4.88 Å². The first-order valence-corrected chi connectivity index (χ1v) is 8.86. The summed E-state index contributed by atoms with van der Waals surface area (Å²) in [5, 5.41) is 2.06. The van der Waals surface area contributed by atoms with Crippen molar-refractivity contribution >= 4 is 25.7 Å². The summed E-state index contributed by atoms with van der Waals surface area (Å²) in [7, 11) is -1.49. The van der Waals surface area contributed by atoms with Crippen LogP contribution in [-0.2, 0) is 4.43 Å². The van der Waals surface area contributed by atoms with Crippen LogP contribution in [0.15, 0.2) is 35.9 Å². The standard InChI is InChI=1S/C11H16OSSi/c1-10(12-14(2,3)4)7-8-11-6-5-9-13-11/h5-9H,1H2,2-4H3/b8-7+. The summed E-state index contributed by atoms with van der Waals surface area (Å²) in [4.78, 5) is 1.23. The Morgan fingerprint density at radius 3 is 2.71 bits per heavy atom. The van der Waals surface area contributed by atoms with E-state index in [0.29, 0.717) is 0 Å². The van der Waals surface area contributed by atoms with E-state index in [9.17, 15) is 0 Å².